The van der Waals surface area contributed by atoms with E-state index < -0.39 is 22.5 Å². The summed E-state index contributed by atoms with van der Waals surface area (Å²) in [7, 11) is -4.11. The Kier molecular flexibility index (Phi) is 5.41. The van der Waals surface area contributed by atoms with Gasteiger partial charge in [0.1, 0.15) is 25.5 Å². The Hall–Kier alpha value is -2.94. The van der Waals surface area contributed by atoms with Gasteiger partial charge in [-0.15, -0.1) is 0 Å². The van der Waals surface area contributed by atoms with E-state index in [1.807, 2.05) is 6.92 Å². The SMILES string of the molecule is CCOc1ccc(S(=O)(=O)N(CC(=O)O)c2ccc3c(c2)OCCO3)cc1. The van der Waals surface area contributed by atoms with E-state index in [-0.39, 0.29) is 10.6 Å². The van der Waals surface area contributed by atoms with Crippen molar-refractivity contribution < 1.29 is 32.5 Å². The summed E-state index contributed by atoms with van der Waals surface area (Å²) in [5, 5.41) is 9.23. The normalized spacial score (nSPS) is 13.1. The highest BCUT2D eigenvalue weighted by Gasteiger charge is 2.28. The van der Waals surface area contributed by atoms with E-state index in [1.54, 1.807) is 6.07 Å². The first-order chi connectivity index (χ1) is 12.9. The number of carbonyl (C=O) groups is 1. The lowest BCUT2D eigenvalue weighted by Crippen LogP contribution is -2.35. The van der Waals surface area contributed by atoms with Crippen LogP contribution >= 0.6 is 0 Å². The molecule has 2 aromatic rings. The highest BCUT2D eigenvalue weighted by atomic mass is 32.2. The molecule has 27 heavy (non-hydrogen) atoms. The summed E-state index contributed by atoms with van der Waals surface area (Å²) in [5.74, 6) is 0.106. The smallest absolute Gasteiger partial charge is 0.324 e. The molecule has 0 unspecified atom stereocenters. The molecule has 0 aliphatic carbocycles. The zero-order chi connectivity index (χ0) is 19.4. The molecular weight excluding hydrogens is 374 g/mol. The molecule has 0 radical (unpaired) electrons. The van der Waals surface area contributed by atoms with Crippen LogP contribution in [0.5, 0.6) is 17.2 Å². The number of carboxylic acids is 1. The van der Waals surface area contributed by atoms with E-state index in [9.17, 15) is 18.3 Å². The van der Waals surface area contributed by atoms with Crippen LogP contribution in [0.2, 0.25) is 0 Å². The largest absolute Gasteiger partial charge is 0.494 e. The van der Waals surface area contributed by atoms with Gasteiger partial charge in [0.15, 0.2) is 11.5 Å². The molecule has 0 spiro atoms. The Bertz CT molecular complexity index is 925. The predicted molar refractivity (Wildman–Crippen MR) is 97.2 cm³/mol. The van der Waals surface area contributed by atoms with Crippen LogP contribution in [0.1, 0.15) is 6.92 Å². The van der Waals surface area contributed by atoms with Gasteiger partial charge in [-0.25, -0.2) is 8.42 Å². The topological polar surface area (TPSA) is 102 Å². The summed E-state index contributed by atoms with van der Waals surface area (Å²) < 4.78 is 43.1. The molecule has 1 N–H and O–H groups in total. The molecule has 1 aliphatic heterocycles. The molecule has 1 heterocycles. The van der Waals surface area contributed by atoms with Gasteiger partial charge in [0.25, 0.3) is 10.0 Å². The lowest BCUT2D eigenvalue weighted by molar-refractivity contribution is -0.135. The van der Waals surface area contributed by atoms with Gasteiger partial charge in [-0.3, -0.25) is 9.10 Å². The van der Waals surface area contributed by atoms with E-state index in [2.05, 4.69) is 0 Å². The second-order valence-corrected chi connectivity index (χ2v) is 7.50. The zero-order valence-corrected chi connectivity index (χ0v) is 15.4. The van der Waals surface area contributed by atoms with E-state index in [0.29, 0.717) is 37.1 Å². The maximum atomic E-state index is 13.1. The molecule has 0 fully saturated rings. The number of hydrogen-bond acceptors (Lipinski definition) is 6. The molecule has 3 rings (SSSR count). The quantitative estimate of drug-likeness (QED) is 0.769. The molecule has 8 nitrogen and oxygen atoms in total. The molecule has 0 aromatic heterocycles. The van der Waals surface area contributed by atoms with Crippen molar-refractivity contribution in [2.24, 2.45) is 0 Å². The fourth-order valence-corrected chi connectivity index (χ4v) is 4.03. The third kappa shape index (κ3) is 4.08. The van der Waals surface area contributed by atoms with Crippen LogP contribution in [-0.4, -0.2) is 45.9 Å². The Morgan fingerprint density at radius 1 is 1.11 bits per heavy atom. The fraction of sp³-hybridized carbons (Fsp3) is 0.278. The summed E-state index contributed by atoms with van der Waals surface area (Å²) in [6.07, 6.45) is 0. The van der Waals surface area contributed by atoms with Crippen molar-refractivity contribution in [2.75, 3.05) is 30.7 Å². The van der Waals surface area contributed by atoms with Gasteiger partial charge in [-0.1, -0.05) is 0 Å². The van der Waals surface area contributed by atoms with E-state index >= 15 is 0 Å². The standard InChI is InChI=1S/C18H19NO7S/c1-2-24-14-4-6-15(7-5-14)27(22,23)19(12-18(20)21)13-3-8-16-17(11-13)26-10-9-25-16/h3-8,11H,2,9-10,12H2,1H3,(H,20,21). The van der Waals surface area contributed by atoms with Crippen LogP contribution < -0.4 is 18.5 Å². The molecule has 0 atom stereocenters. The number of anilines is 1. The molecule has 1 aliphatic rings. The van der Waals surface area contributed by atoms with Crippen LogP contribution in [0.3, 0.4) is 0 Å². The first-order valence-electron chi connectivity index (χ1n) is 8.29. The second-order valence-electron chi connectivity index (χ2n) is 5.64. The van der Waals surface area contributed by atoms with E-state index in [0.717, 1.165) is 4.31 Å². The Morgan fingerprint density at radius 2 is 1.78 bits per heavy atom. The van der Waals surface area contributed by atoms with Crippen LogP contribution in [0.4, 0.5) is 5.69 Å². The van der Waals surface area contributed by atoms with Crippen molar-refractivity contribution in [3.05, 3.63) is 42.5 Å². The summed E-state index contributed by atoms with van der Waals surface area (Å²) in [6.45, 7) is 2.28. The van der Waals surface area contributed by atoms with Crippen molar-refractivity contribution in [2.45, 2.75) is 11.8 Å². The Balaban J connectivity index is 1.99. The van der Waals surface area contributed by atoms with Crippen molar-refractivity contribution in [1.29, 1.82) is 0 Å². The van der Waals surface area contributed by atoms with Gasteiger partial charge in [-0.2, -0.15) is 0 Å². The molecule has 9 heteroatoms. The molecular formula is C18H19NO7S. The monoisotopic (exact) mass is 393 g/mol. The summed E-state index contributed by atoms with van der Waals surface area (Å²) in [5.41, 5.74) is 0.176. The van der Waals surface area contributed by atoms with Crippen LogP contribution in [0, 0.1) is 0 Å². The van der Waals surface area contributed by atoms with Crippen LogP contribution in [-0.2, 0) is 14.8 Å². The molecule has 0 saturated carbocycles. The molecule has 0 amide bonds. The second kappa shape index (κ2) is 7.75. The van der Waals surface area contributed by atoms with Crippen LogP contribution in [0.15, 0.2) is 47.4 Å². The molecule has 0 saturated heterocycles. The van der Waals surface area contributed by atoms with Gasteiger partial charge < -0.3 is 19.3 Å². The first kappa shape index (κ1) is 18.8. The molecule has 2 aromatic carbocycles. The van der Waals surface area contributed by atoms with Gasteiger partial charge in [0.05, 0.1) is 17.2 Å². The highest BCUT2D eigenvalue weighted by molar-refractivity contribution is 7.92. The van der Waals surface area contributed by atoms with Crippen molar-refractivity contribution in [3.8, 4) is 17.2 Å². The minimum atomic E-state index is -4.11. The maximum absolute atomic E-state index is 13.1. The van der Waals surface area contributed by atoms with Gasteiger partial charge in [0, 0.05) is 6.07 Å². The van der Waals surface area contributed by atoms with Crippen molar-refractivity contribution in [1.82, 2.24) is 0 Å². The first-order valence-corrected chi connectivity index (χ1v) is 9.73. The van der Waals surface area contributed by atoms with Crippen molar-refractivity contribution >= 4 is 21.7 Å². The minimum Gasteiger partial charge on any atom is -0.494 e. The lowest BCUT2D eigenvalue weighted by Gasteiger charge is -2.25. The summed E-state index contributed by atoms with van der Waals surface area (Å²) in [4.78, 5) is 11.3. The minimum absolute atomic E-state index is 0.0397. The number of carboxylic acid groups (broad SMARTS) is 1. The average molecular weight is 393 g/mol. The van der Waals surface area contributed by atoms with Gasteiger partial charge in [-0.05, 0) is 43.3 Å². The summed E-state index contributed by atoms with van der Waals surface area (Å²) >= 11 is 0. The number of aliphatic carboxylic acids is 1. The number of hydrogen-bond donors (Lipinski definition) is 1. The van der Waals surface area contributed by atoms with Crippen LogP contribution in [0.25, 0.3) is 0 Å². The number of rotatable bonds is 7. The lowest BCUT2D eigenvalue weighted by atomic mass is 10.2. The third-order valence-corrected chi connectivity index (χ3v) is 5.60. The van der Waals surface area contributed by atoms with E-state index in [1.165, 1.54) is 36.4 Å². The molecule has 144 valence electrons. The van der Waals surface area contributed by atoms with Crippen molar-refractivity contribution in [3.63, 3.8) is 0 Å². The fourth-order valence-electron chi connectivity index (χ4n) is 2.63. The number of ether oxygens (including phenoxy) is 3. The zero-order valence-electron chi connectivity index (χ0n) is 14.6. The van der Waals surface area contributed by atoms with E-state index in [4.69, 9.17) is 14.2 Å². The Morgan fingerprint density at radius 3 is 2.41 bits per heavy atom. The number of nitrogens with zero attached hydrogens (tertiary/aromatic N) is 1. The highest BCUT2D eigenvalue weighted by Crippen LogP contribution is 2.35. The average Bonchev–Trinajstić information content (AvgIpc) is 2.66. The molecule has 0 bridgehead atoms. The number of fused-ring (bicyclic) bond motifs is 1. The van der Waals surface area contributed by atoms with Gasteiger partial charge in [0.2, 0.25) is 0 Å². The number of benzene rings is 2. The summed E-state index contributed by atoms with van der Waals surface area (Å²) in [6, 6.07) is 10.3. The number of sulfonamides is 1. The Labute approximate surface area is 156 Å². The third-order valence-electron chi connectivity index (χ3n) is 3.82. The maximum Gasteiger partial charge on any atom is 0.324 e. The van der Waals surface area contributed by atoms with Gasteiger partial charge >= 0.3 is 5.97 Å². The predicted octanol–water partition coefficient (Wildman–Crippen LogP) is 2.14.